The van der Waals surface area contributed by atoms with E-state index in [1.54, 1.807) is 24.3 Å². The molecule has 0 radical (unpaired) electrons. The highest BCUT2D eigenvalue weighted by molar-refractivity contribution is 6.01. The lowest BCUT2D eigenvalue weighted by Crippen LogP contribution is -2.26. The predicted octanol–water partition coefficient (Wildman–Crippen LogP) is 0.497. The van der Waals surface area contributed by atoms with Gasteiger partial charge in [-0.15, -0.1) is 0 Å². The van der Waals surface area contributed by atoms with Crippen molar-refractivity contribution in [3.8, 4) is 0 Å². The van der Waals surface area contributed by atoms with Crippen LogP contribution in [0, 0.1) is 0 Å². The van der Waals surface area contributed by atoms with Gasteiger partial charge in [0.25, 0.3) is 5.91 Å². The number of nitrogens with two attached hydrogens (primary N) is 1. The summed E-state index contributed by atoms with van der Waals surface area (Å²) >= 11 is 0. The quantitative estimate of drug-likeness (QED) is 0.458. The smallest absolute Gasteiger partial charge is 0.347 e. The molecule has 2 N–H and O–H groups in total. The van der Waals surface area contributed by atoms with Crippen molar-refractivity contribution in [3.63, 3.8) is 0 Å². The van der Waals surface area contributed by atoms with Gasteiger partial charge in [-0.3, -0.25) is 9.69 Å². The number of carbonyl (C=O) groups is 2. The predicted molar refractivity (Wildman–Crippen MR) is 63.3 cm³/mol. The summed E-state index contributed by atoms with van der Waals surface area (Å²) in [6, 6.07) is 6.63. The van der Waals surface area contributed by atoms with Crippen molar-refractivity contribution >= 4 is 23.8 Å². The Balaban J connectivity index is 2.09. The molecule has 0 unspecified atom stereocenters. The number of anilines is 1. The molecular weight excluding hydrogens is 220 g/mol. The van der Waals surface area contributed by atoms with E-state index in [4.69, 9.17) is 5.73 Å². The molecule has 88 valence electrons. The number of rotatable bonds is 2. The molecule has 0 atom stereocenters. The second-order valence-electron chi connectivity index (χ2n) is 3.70. The first-order chi connectivity index (χ1) is 8.08. The number of benzene rings is 1. The maximum Gasteiger partial charge on any atom is 0.347 e. The van der Waals surface area contributed by atoms with Crippen LogP contribution >= 0.6 is 0 Å². The fraction of sp³-hybridized carbons (Fsp3) is 0.182. The minimum absolute atomic E-state index is 0.0131. The van der Waals surface area contributed by atoms with E-state index in [9.17, 15) is 9.59 Å². The Labute approximate surface area is 98.3 Å². The van der Waals surface area contributed by atoms with Gasteiger partial charge in [-0.1, -0.05) is 12.1 Å². The van der Waals surface area contributed by atoms with E-state index in [1.165, 1.54) is 13.3 Å². The fourth-order valence-corrected chi connectivity index (χ4v) is 1.39. The molecule has 1 heterocycles. The van der Waals surface area contributed by atoms with Gasteiger partial charge >= 0.3 is 6.03 Å². The zero-order valence-electron chi connectivity index (χ0n) is 9.33. The first-order valence-electron chi connectivity index (χ1n) is 5.05. The van der Waals surface area contributed by atoms with Crippen LogP contribution in [0.4, 0.5) is 10.5 Å². The minimum atomic E-state index is -0.415. The van der Waals surface area contributed by atoms with Gasteiger partial charge in [0.1, 0.15) is 6.54 Å². The van der Waals surface area contributed by atoms with Crippen LogP contribution in [0.3, 0.4) is 0 Å². The van der Waals surface area contributed by atoms with E-state index in [0.29, 0.717) is 5.69 Å². The highest BCUT2D eigenvalue weighted by Gasteiger charge is 2.32. The summed E-state index contributed by atoms with van der Waals surface area (Å²) in [6.45, 7) is -0.0131. The molecule has 0 aromatic heterocycles. The maximum atomic E-state index is 11.5. The number of nitrogens with zero attached hydrogens (tertiary/aromatic N) is 3. The third-order valence-electron chi connectivity index (χ3n) is 2.45. The van der Waals surface area contributed by atoms with Crippen LogP contribution in [-0.4, -0.2) is 41.7 Å². The first-order valence-corrected chi connectivity index (χ1v) is 5.05. The molecule has 1 fully saturated rings. The summed E-state index contributed by atoms with van der Waals surface area (Å²) in [6.07, 6.45) is 1.52. The van der Waals surface area contributed by atoms with Crippen molar-refractivity contribution in [2.45, 2.75) is 0 Å². The van der Waals surface area contributed by atoms with Crippen molar-refractivity contribution in [3.05, 3.63) is 29.8 Å². The maximum absolute atomic E-state index is 11.5. The number of hydrogen-bond acceptors (Lipinski definition) is 4. The highest BCUT2D eigenvalue weighted by Crippen LogP contribution is 2.08. The largest absolute Gasteiger partial charge is 0.399 e. The third kappa shape index (κ3) is 2.25. The average Bonchev–Trinajstić information content (AvgIpc) is 2.56. The Bertz CT molecular complexity index is 481. The summed E-state index contributed by atoms with van der Waals surface area (Å²) in [5.74, 6) is -0.260. The summed E-state index contributed by atoms with van der Waals surface area (Å²) in [5, 5.41) is 5.08. The molecule has 1 aromatic rings. The van der Waals surface area contributed by atoms with Gasteiger partial charge in [-0.2, -0.15) is 5.10 Å². The fourth-order valence-electron chi connectivity index (χ4n) is 1.39. The number of hydrazone groups is 1. The Morgan fingerprint density at radius 2 is 1.94 bits per heavy atom. The molecule has 6 heteroatoms. The molecule has 1 aromatic carbocycles. The highest BCUT2D eigenvalue weighted by atomic mass is 16.2. The minimum Gasteiger partial charge on any atom is -0.399 e. The van der Waals surface area contributed by atoms with Gasteiger partial charge < -0.3 is 5.73 Å². The van der Waals surface area contributed by atoms with Crippen LogP contribution in [0.25, 0.3) is 0 Å². The average molecular weight is 232 g/mol. The van der Waals surface area contributed by atoms with Gasteiger partial charge in [-0.05, 0) is 17.7 Å². The lowest BCUT2D eigenvalue weighted by molar-refractivity contribution is -0.124. The molecule has 2 rings (SSSR count). The van der Waals surface area contributed by atoms with Gasteiger partial charge in [0.2, 0.25) is 0 Å². The summed E-state index contributed by atoms with van der Waals surface area (Å²) < 4.78 is 0. The molecule has 6 nitrogen and oxygen atoms in total. The Morgan fingerprint density at radius 3 is 2.47 bits per heavy atom. The van der Waals surface area contributed by atoms with E-state index >= 15 is 0 Å². The molecule has 1 saturated heterocycles. The van der Waals surface area contributed by atoms with Crippen LogP contribution < -0.4 is 5.73 Å². The summed E-state index contributed by atoms with van der Waals surface area (Å²) in [7, 11) is 1.43. The van der Waals surface area contributed by atoms with Crippen molar-refractivity contribution < 1.29 is 9.59 Å². The number of likely N-dealkylation sites (N-methyl/N-ethyl adjacent to an activating group) is 1. The van der Waals surface area contributed by atoms with E-state index in [-0.39, 0.29) is 12.5 Å². The van der Waals surface area contributed by atoms with Crippen LogP contribution in [0.15, 0.2) is 29.4 Å². The topological polar surface area (TPSA) is 79.0 Å². The van der Waals surface area contributed by atoms with Gasteiger partial charge in [0.05, 0.1) is 6.21 Å². The molecular formula is C11H12N4O2. The monoisotopic (exact) mass is 232 g/mol. The van der Waals surface area contributed by atoms with Gasteiger partial charge in [0.15, 0.2) is 0 Å². The zero-order chi connectivity index (χ0) is 12.4. The standard InChI is InChI=1S/C11H12N4O2/c1-14-10(16)7-15(11(14)17)13-6-8-2-4-9(12)5-3-8/h2-6H,7,12H2,1H3/b13-6+. The second kappa shape index (κ2) is 4.25. The Hall–Kier alpha value is -2.37. The van der Waals surface area contributed by atoms with Crippen LogP contribution in [0.2, 0.25) is 0 Å². The molecule has 0 bridgehead atoms. The number of imide groups is 1. The molecule has 0 saturated carbocycles. The number of nitrogen functional groups attached to an aromatic ring is 1. The van der Waals surface area contributed by atoms with E-state index in [2.05, 4.69) is 5.10 Å². The molecule has 1 aliphatic heterocycles. The second-order valence-corrected chi connectivity index (χ2v) is 3.70. The van der Waals surface area contributed by atoms with Gasteiger partial charge in [0, 0.05) is 12.7 Å². The van der Waals surface area contributed by atoms with Crippen molar-refractivity contribution in [1.29, 1.82) is 0 Å². The number of amides is 3. The molecule has 0 spiro atoms. The Kier molecular flexibility index (Phi) is 2.78. The third-order valence-corrected chi connectivity index (χ3v) is 2.45. The lowest BCUT2D eigenvalue weighted by Gasteiger charge is -2.07. The molecule has 3 amide bonds. The van der Waals surface area contributed by atoms with Crippen LogP contribution in [0.5, 0.6) is 0 Å². The Morgan fingerprint density at radius 1 is 1.29 bits per heavy atom. The van der Waals surface area contributed by atoms with Crippen molar-refractivity contribution in [2.24, 2.45) is 5.10 Å². The van der Waals surface area contributed by atoms with Gasteiger partial charge in [-0.25, -0.2) is 9.80 Å². The van der Waals surface area contributed by atoms with Crippen molar-refractivity contribution in [2.75, 3.05) is 19.3 Å². The summed E-state index contributed by atoms with van der Waals surface area (Å²) in [5.41, 5.74) is 7.02. The first kappa shape index (κ1) is 11.1. The zero-order valence-corrected chi connectivity index (χ0v) is 9.33. The number of hydrogen-bond donors (Lipinski definition) is 1. The van der Waals surface area contributed by atoms with Crippen LogP contribution in [0.1, 0.15) is 5.56 Å². The number of carbonyl (C=O) groups excluding carboxylic acids is 2. The number of urea groups is 1. The van der Waals surface area contributed by atoms with E-state index in [0.717, 1.165) is 15.5 Å². The molecule has 17 heavy (non-hydrogen) atoms. The molecule has 0 aliphatic carbocycles. The van der Waals surface area contributed by atoms with Crippen molar-refractivity contribution in [1.82, 2.24) is 9.91 Å². The van der Waals surface area contributed by atoms with Crippen LogP contribution in [-0.2, 0) is 4.79 Å². The molecule has 1 aliphatic rings. The SMILES string of the molecule is CN1C(=O)CN(/N=C/c2ccc(N)cc2)C1=O. The lowest BCUT2D eigenvalue weighted by atomic mass is 10.2. The van der Waals surface area contributed by atoms with E-state index in [1.807, 2.05) is 0 Å². The van der Waals surface area contributed by atoms with E-state index < -0.39 is 6.03 Å². The summed E-state index contributed by atoms with van der Waals surface area (Å²) in [4.78, 5) is 23.8. The normalized spacial score (nSPS) is 16.3.